The fourth-order valence-electron chi connectivity index (χ4n) is 4.01. The minimum atomic E-state index is 0.0842. The Morgan fingerprint density at radius 2 is 2.00 bits per heavy atom. The summed E-state index contributed by atoms with van der Waals surface area (Å²) < 4.78 is 5.37. The van der Waals surface area contributed by atoms with E-state index in [1.165, 1.54) is 0 Å². The lowest BCUT2D eigenvalue weighted by atomic mass is 10.0. The van der Waals surface area contributed by atoms with Crippen LogP contribution in [0, 0.1) is 13.8 Å². The van der Waals surface area contributed by atoms with E-state index in [1.54, 1.807) is 7.11 Å². The molecule has 0 bridgehead atoms. The normalized spacial score (nSPS) is 16.7. The third kappa shape index (κ3) is 3.27. The van der Waals surface area contributed by atoms with Crippen molar-refractivity contribution in [1.29, 1.82) is 0 Å². The maximum absolute atomic E-state index is 13.5. The fourth-order valence-corrected chi connectivity index (χ4v) is 4.01. The molecule has 4 heteroatoms. The van der Waals surface area contributed by atoms with E-state index in [9.17, 15) is 4.79 Å². The van der Waals surface area contributed by atoms with Gasteiger partial charge in [0.25, 0.3) is 5.91 Å². The number of rotatable bonds is 3. The Labute approximate surface area is 159 Å². The smallest absolute Gasteiger partial charge is 0.255 e. The molecule has 138 valence electrons. The lowest BCUT2D eigenvalue weighted by molar-refractivity contribution is 0.0737. The number of hydrogen-bond acceptors (Lipinski definition) is 3. The lowest BCUT2D eigenvalue weighted by Crippen LogP contribution is -2.30. The van der Waals surface area contributed by atoms with Crippen molar-refractivity contribution in [3.63, 3.8) is 0 Å². The predicted octanol–water partition coefficient (Wildman–Crippen LogP) is 4.84. The molecule has 1 aliphatic heterocycles. The van der Waals surface area contributed by atoms with E-state index in [-0.39, 0.29) is 11.9 Å². The molecular formula is C23H24N2O2. The molecule has 1 fully saturated rings. The fraction of sp³-hybridized carbons (Fsp3) is 0.304. The van der Waals surface area contributed by atoms with E-state index in [0.29, 0.717) is 0 Å². The Hall–Kier alpha value is -2.88. The van der Waals surface area contributed by atoms with Gasteiger partial charge in [-0.1, -0.05) is 23.8 Å². The summed E-state index contributed by atoms with van der Waals surface area (Å²) in [4.78, 5) is 20.1. The highest BCUT2D eigenvalue weighted by Crippen LogP contribution is 2.35. The van der Waals surface area contributed by atoms with Crippen LogP contribution in [0.2, 0.25) is 0 Å². The van der Waals surface area contributed by atoms with Gasteiger partial charge in [0.05, 0.1) is 24.2 Å². The van der Waals surface area contributed by atoms with Crippen LogP contribution in [0.5, 0.6) is 5.75 Å². The molecule has 0 saturated carbocycles. The van der Waals surface area contributed by atoms with E-state index in [2.05, 4.69) is 17.1 Å². The first kappa shape index (κ1) is 17.5. The third-order valence-corrected chi connectivity index (χ3v) is 5.31. The van der Waals surface area contributed by atoms with Crippen LogP contribution in [0.25, 0.3) is 10.9 Å². The molecule has 1 aromatic heterocycles. The third-order valence-electron chi connectivity index (χ3n) is 5.31. The van der Waals surface area contributed by atoms with Gasteiger partial charge < -0.3 is 9.64 Å². The van der Waals surface area contributed by atoms with Gasteiger partial charge in [0.2, 0.25) is 0 Å². The Morgan fingerprint density at radius 1 is 1.15 bits per heavy atom. The van der Waals surface area contributed by atoms with Crippen LogP contribution in [0.15, 0.2) is 48.5 Å². The number of fused-ring (bicyclic) bond motifs is 1. The molecule has 0 radical (unpaired) electrons. The summed E-state index contributed by atoms with van der Waals surface area (Å²) in [7, 11) is 1.67. The summed E-state index contributed by atoms with van der Waals surface area (Å²) in [6.45, 7) is 4.76. The average Bonchev–Trinajstić information content (AvgIpc) is 3.17. The number of ether oxygens (including phenoxy) is 1. The molecule has 1 atom stereocenters. The summed E-state index contributed by atoms with van der Waals surface area (Å²) in [5.41, 5.74) is 4.75. The second-order valence-corrected chi connectivity index (χ2v) is 7.26. The van der Waals surface area contributed by atoms with Gasteiger partial charge in [-0.15, -0.1) is 0 Å². The molecule has 1 unspecified atom stereocenters. The highest BCUT2D eigenvalue weighted by atomic mass is 16.5. The van der Waals surface area contributed by atoms with Crippen LogP contribution >= 0.6 is 0 Å². The van der Waals surface area contributed by atoms with E-state index >= 15 is 0 Å². The first-order chi connectivity index (χ1) is 13.1. The number of likely N-dealkylation sites (tertiary alicyclic amines) is 1. The molecule has 2 aromatic carbocycles. The largest absolute Gasteiger partial charge is 0.497 e. The molecule has 2 heterocycles. The second kappa shape index (κ2) is 7.03. The van der Waals surface area contributed by atoms with Gasteiger partial charge in [0.1, 0.15) is 5.75 Å². The molecule has 4 nitrogen and oxygen atoms in total. The van der Waals surface area contributed by atoms with Gasteiger partial charge >= 0.3 is 0 Å². The van der Waals surface area contributed by atoms with Crippen LogP contribution in [0.4, 0.5) is 0 Å². The van der Waals surface area contributed by atoms with Crippen molar-refractivity contribution in [2.45, 2.75) is 32.7 Å². The topological polar surface area (TPSA) is 42.4 Å². The van der Waals surface area contributed by atoms with Gasteiger partial charge in [-0.25, -0.2) is 0 Å². The highest BCUT2D eigenvalue weighted by Gasteiger charge is 2.31. The summed E-state index contributed by atoms with van der Waals surface area (Å²) in [6.07, 6.45) is 1.98. The average molecular weight is 360 g/mol. The molecule has 4 rings (SSSR count). The van der Waals surface area contributed by atoms with E-state index < -0.39 is 0 Å². The Morgan fingerprint density at radius 3 is 2.81 bits per heavy atom. The number of carbonyl (C=O) groups is 1. The summed E-state index contributed by atoms with van der Waals surface area (Å²) in [6, 6.07) is 16.2. The molecule has 0 aliphatic carbocycles. The summed E-state index contributed by atoms with van der Waals surface area (Å²) >= 11 is 0. The standard InChI is InChI=1S/C23H24N2O2/c1-15-9-10-21-19(12-15)20(13-16(2)24-21)23(26)25-11-5-8-22(25)17-6-4-7-18(14-17)27-3/h4,6-7,9-10,12-14,22H,5,8,11H2,1-3H3. The molecule has 27 heavy (non-hydrogen) atoms. The van der Waals surface area contributed by atoms with Crippen molar-refractivity contribution in [3.8, 4) is 5.75 Å². The van der Waals surface area contributed by atoms with Crippen LogP contribution in [-0.2, 0) is 0 Å². The number of amides is 1. The Bertz CT molecular complexity index is 1010. The van der Waals surface area contributed by atoms with E-state index in [0.717, 1.165) is 58.4 Å². The number of aromatic nitrogens is 1. The molecule has 1 saturated heterocycles. The second-order valence-electron chi connectivity index (χ2n) is 7.26. The van der Waals surface area contributed by atoms with Crippen LogP contribution < -0.4 is 4.74 Å². The van der Waals surface area contributed by atoms with Crippen molar-refractivity contribution >= 4 is 16.8 Å². The monoisotopic (exact) mass is 360 g/mol. The van der Waals surface area contributed by atoms with Gasteiger partial charge in [0.15, 0.2) is 0 Å². The van der Waals surface area contributed by atoms with Crippen molar-refractivity contribution in [2.24, 2.45) is 0 Å². The number of methoxy groups -OCH3 is 1. The van der Waals surface area contributed by atoms with Crippen LogP contribution in [0.1, 0.15) is 46.1 Å². The lowest BCUT2D eigenvalue weighted by Gasteiger charge is -2.26. The maximum Gasteiger partial charge on any atom is 0.255 e. The van der Waals surface area contributed by atoms with Crippen molar-refractivity contribution in [1.82, 2.24) is 9.88 Å². The number of hydrogen-bond donors (Lipinski definition) is 0. The zero-order chi connectivity index (χ0) is 19.0. The predicted molar refractivity (Wildman–Crippen MR) is 107 cm³/mol. The molecule has 0 spiro atoms. The van der Waals surface area contributed by atoms with Crippen molar-refractivity contribution in [3.05, 3.63) is 70.9 Å². The minimum Gasteiger partial charge on any atom is -0.497 e. The zero-order valence-corrected chi connectivity index (χ0v) is 16.0. The Balaban J connectivity index is 1.75. The highest BCUT2D eigenvalue weighted by molar-refractivity contribution is 6.06. The Kier molecular flexibility index (Phi) is 4.56. The number of nitrogens with zero attached hydrogens (tertiary/aromatic N) is 2. The van der Waals surface area contributed by atoms with Crippen LogP contribution in [-0.4, -0.2) is 29.4 Å². The molecular weight excluding hydrogens is 336 g/mol. The molecule has 1 aliphatic rings. The number of carbonyl (C=O) groups excluding carboxylic acids is 1. The van der Waals surface area contributed by atoms with Crippen molar-refractivity contribution in [2.75, 3.05) is 13.7 Å². The molecule has 0 N–H and O–H groups in total. The quantitative estimate of drug-likeness (QED) is 0.671. The summed E-state index contributed by atoms with van der Waals surface area (Å²) in [5.74, 6) is 0.911. The first-order valence-corrected chi connectivity index (χ1v) is 9.40. The SMILES string of the molecule is COc1cccc(C2CCCN2C(=O)c2cc(C)nc3ccc(C)cc23)c1. The van der Waals surface area contributed by atoms with Gasteiger partial charge in [-0.05, 0) is 62.6 Å². The summed E-state index contributed by atoms with van der Waals surface area (Å²) in [5, 5.41) is 0.932. The van der Waals surface area contributed by atoms with Gasteiger partial charge in [-0.3, -0.25) is 9.78 Å². The van der Waals surface area contributed by atoms with Crippen molar-refractivity contribution < 1.29 is 9.53 Å². The number of pyridine rings is 1. The molecule has 1 amide bonds. The minimum absolute atomic E-state index is 0.0842. The van der Waals surface area contributed by atoms with Gasteiger partial charge in [-0.2, -0.15) is 0 Å². The van der Waals surface area contributed by atoms with Crippen LogP contribution in [0.3, 0.4) is 0 Å². The van der Waals surface area contributed by atoms with E-state index in [1.807, 2.05) is 55.1 Å². The number of benzene rings is 2. The van der Waals surface area contributed by atoms with E-state index in [4.69, 9.17) is 4.74 Å². The zero-order valence-electron chi connectivity index (χ0n) is 16.0. The number of aryl methyl sites for hydroxylation is 2. The first-order valence-electron chi connectivity index (χ1n) is 9.40. The maximum atomic E-state index is 13.5. The van der Waals surface area contributed by atoms with Gasteiger partial charge in [0, 0.05) is 17.6 Å². The molecule has 3 aromatic rings.